The molecule has 0 saturated heterocycles. The molecule has 146 valence electrons. The monoisotopic (exact) mass is 388 g/mol. The van der Waals surface area contributed by atoms with E-state index in [-0.39, 0.29) is 5.91 Å². The molecular formula is C23H20N2O4. The summed E-state index contributed by atoms with van der Waals surface area (Å²) >= 11 is 0. The number of hydrogen-bond donors (Lipinski definition) is 2. The molecular weight excluding hydrogens is 368 g/mol. The molecule has 2 N–H and O–H groups in total. The molecule has 1 heterocycles. The highest BCUT2D eigenvalue weighted by Gasteiger charge is 2.34. The van der Waals surface area contributed by atoms with Crippen molar-refractivity contribution in [1.82, 2.24) is 0 Å². The Hall–Kier alpha value is -3.80. The summed E-state index contributed by atoms with van der Waals surface area (Å²) in [6.45, 7) is 1.59. The van der Waals surface area contributed by atoms with Gasteiger partial charge in [-0.1, -0.05) is 36.4 Å². The number of ether oxygens (including phenoxy) is 1. The third kappa shape index (κ3) is 3.78. The first-order valence-electron chi connectivity index (χ1n) is 9.23. The van der Waals surface area contributed by atoms with Crippen LogP contribution in [0.3, 0.4) is 0 Å². The Bertz CT molecular complexity index is 1060. The van der Waals surface area contributed by atoms with Crippen molar-refractivity contribution >= 4 is 23.3 Å². The Morgan fingerprint density at radius 3 is 2.55 bits per heavy atom. The average molecular weight is 388 g/mol. The van der Waals surface area contributed by atoms with Crippen LogP contribution in [0.1, 0.15) is 27.7 Å². The van der Waals surface area contributed by atoms with Gasteiger partial charge in [0.15, 0.2) is 6.61 Å². The fourth-order valence-corrected chi connectivity index (χ4v) is 3.42. The molecule has 1 atom stereocenters. The number of nitrogens with zero attached hydrogens (tertiary/aromatic N) is 1. The van der Waals surface area contributed by atoms with Crippen LogP contribution in [0.5, 0.6) is 5.75 Å². The fourth-order valence-electron chi connectivity index (χ4n) is 3.42. The molecule has 0 spiro atoms. The zero-order chi connectivity index (χ0) is 20.4. The van der Waals surface area contributed by atoms with Gasteiger partial charge >= 0.3 is 5.97 Å². The molecule has 29 heavy (non-hydrogen) atoms. The van der Waals surface area contributed by atoms with Gasteiger partial charge in [-0.05, 0) is 54.4 Å². The summed E-state index contributed by atoms with van der Waals surface area (Å²) in [5.41, 5.74) is 4.11. The van der Waals surface area contributed by atoms with Crippen molar-refractivity contribution in [2.24, 2.45) is 0 Å². The summed E-state index contributed by atoms with van der Waals surface area (Å²) in [5.74, 6) is -0.655. The van der Waals surface area contributed by atoms with Crippen molar-refractivity contribution < 1.29 is 19.4 Å². The average Bonchev–Trinajstić information content (AvgIpc) is 2.72. The van der Waals surface area contributed by atoms with E-state index in [1.807, 2.05) is 67.6 Å². The predicted molar refractivity (Wildman–Crippen MR) is 110 cm³/mol. The second kappa shape index (κ2) is 7.67. The van der Waals surface area contributed by atoms with Gasteiger partial charge in [0.25, 0.3) is 5.91 Å². The normalized spacial score (nSPS) is 15.4. The summed E-state index contributed by atoms with van der Waals surface area (Å²) in [5, 5.41) is 12.2. The van der Waals surface area contributed by atoms with E-state index in [4.69, 9.17) is 9.84 Å². The highest BCUT2D eigenvalue weighted by atomic mass is 16.5. The van der Waals surface area contributed by atoms with E-state index >= 15 is 0 Å². The van der Waals surface area contributed by atoms with Crippen molar-refractivity contribution in [1.29, 1.82) is 0 Å². The van der Waals surface area contributed by atoms with Gasteiger partial charge in [-0.15, -0.1) is 0 Å². The van der Waals surface area contributed by atoms with Crippen LogP contribution in [-0.4, -0.2) is 23.6 Å². The number of amides is 1. The lowest BCUT2D eigenvalue weighted by Gasteiger charge is -2.38. The number of aryl methyl sites for hydroxylation is 1. The van der Waals surface area contributed by atoms with E-state index < -0.39 is 18.7 Å². The van der Waals surface area contributed by atoms with Crippen LogP contribution in [0.15, 0.2) is 72.8 Å². The van der Waals surface area contributed by atoms with Crippen molar-refractivity contribution in [2.45, 2.75) is 13.1 Å². The Balaban J connectivity index is 1.73. The fraction of sp³-hybridized carbons (Fsp3) is 0.130. The van der Waals surface area contributed by atoms with Crippen molar-refractivity contribution in [3.63, 3.8) is 0 Å². The zero-order valence-corrected chi connectivity index (χ0v) is 15.8. The molecule has 1 aliphatic heterocycles. The highest BCUT2D eigenvalue weighted by Crippen LogP contribution is 2.37. The van der Waals surface area contributed by atoms with Gasteiger partial charge < -0.3 is 15.2 Å². The molecule has 0 bridgehead atoms. The maximum atomic E-state index is 13.4. The number of carboxylic acids is 1. The number of rotatable bonds is 5. The first-order valence-corrected chi connectivity index (χ1v) is 9.23. The number of para-hydroxylation sites is 1. The maximum Gasteiger partial charge on any atom is 0.341 e. The topological polar surface area (TPSA) is 78.9 Å². The third-order valence-corrected chi connectivity index (χ3v) is 4.76. The lowest BCUT2D eigenvalue weighted by molar-refractivity contribution is -0.139. The minimum atomic E-state index is -1.03. The number of carboxylic acid groups (broad SMARTS) is 1. The summed E-state index contributed by atoms with van der Waals surface area (Å²) in [6.07, 6.45) is -0.410. The predicted octanol–water partition coefficient (Wildman–Crippen LogP) is 4.23. The molecule has 0 saturated carbocycles. The zero-order valence-electron chi connectivity index (χ0n) is 15.8. The van der Waals surface area contributed by atoms with Crippen molar-refractivity contribution in [2.75, 3.05) is 16.8 Å². The molecule has 1 unspecified atom stereocenters. The van der Waals surface area contributed by atoms with Crippen molar-refractivity contribution in [3.05, 3.63) is 89.5 Å². The van der Waals surface area contributed by atoms with Crippen LogP contribution in [0, 0.1) is 6.92 Å². The van der Waals surface area contributed by atoms with Gasteiger partial charge in [0.1, 0.15) is 11.9 Å². The first-order chi connectivity index (χ1) is 14.0. The minimum Gasteiger partial charge on any atom is -0.482 e. The summed E-state index contributed by atoms with van der Waals surface area (Å²) < 4.78 is 5.21. The molecule has 1 aliphatic rings. The SMILES string of the molecule is Cc1cccc(N2C(=O)c3ccccc3NC2c2ccc(OCC(=O)O)cc2)c1. The van der Waals surface area contributed by atoms with E-state index in [1.165, 1.54) is 0 Å². The quantitative estimate of drug-likeness (QED) is 0.684. The second-order valence-corrected chi connectivity index (χ2v) is 6.86. The molecule has 6 nitrogen and oxygen atoms in total. The molecule has 1 amide bonds. The van der Waals surface area contributed by atoms with Gasteiger partial charge in [-0.3, -0.25) is 9.69 Å². The molecule has 0 fully saturated rings. The van der Waals surface area contributed by atoms with Gasteiger partial charge in [0.2, 0.25) is 0 Å². The van der Waals surface area contributed by atoms with E-state index in [9.17, 15) is 9.59 Å². The second-order valence-electron chi connectivity index (χ2n) is 6.86. The maximum absolute atomic E-state index is 13.4. The molecule has 0 aromatic heterocycles. The number of carbonyl (C=O) groups is 2. The molecule has 6 heteroatoms. The van der Waals surface area contributed by atoms with Gasteiger partial charge in [0.05, 0.1) is 5.56 Å². The summed E-state index contributed by atoms with van der Waals surface area (Å²) in [7, 11) is 0. The molecule has 3 aromatic rings. The largest absolute Gasteiger partial charge is 0.482 e. The number of nitrogens with one attached hydrogen (secondary N) is 1. The van der Waals surface area contributed by atoms with E-state index in [0.717, 1.165) is 22.5 Å². The van der Waals surface area contributed by atoms with Crippen LogP contribution in [0.2, 0.25) is 0 Å². The van der Waals surface area contributed by atoms with Crippen LogP contribution < -0.4 is 15.0 Å². The molecule has 3 aromatic carbocycles. The number of fused-ring (bicyclic) bond motifs is 1. The third-order valence-electron chi connectivity index (χ3n) is 4.76. The van der Waals surface area contributed by atoms with Crippen LogP contribution in [0.25, 0.3) is 0 Å². The van der Waals surface area contributed by atoms with Gasteiger partial charge in [0, 0.05) is 11.4 Å². The Labute approximate surface area is 168 Å². The van der Waals surface area contributed by atoms with Crippen LogP contribution in [0.4, 0.5) is 11.4 Å². The molecule has 0 aliphatic carbocycles. The number of aliphatic carboxylic acids is 1. The summed E-state index contributed by atoms with van der Waals surface area (Å²) in [6, 6.07) is 22.3. The molecule has 0 radical (unpaired) electrons. The Morgan fingerprint density at radius 1 is 1.07 bits per heavy atom. The number of carbonyl (C=O) groups excluding carboxylic acids is 1. The summed E-state index contributed by atoms with van der Waals surface area (Å²) in [4.78, 5) is 25.8. The highest BCUT2D eigenvalue weighted by molar-refractivity contribution is 6.12. The lowest BCUT2D eigenvalue weighted by Crippen LogP contribution is -2.43. The number of anilines is 2. The Morgan fingerprint density at radius 2 is 1.83 bits per heavy atom. The smallest absolute Gasteiger partial charge is 0.341 e. The van der Waals surface area contributed by atoms with Gasteiger partial charge in [-0.2, -0.15) is 0 Å². The van der Waals surface area contributed by atoms with Crippen molar-refractivity contribution in [3.8, 4) is 5.75 Å². The number of hydrogen-bond acceptors (Lipinski definition) is 4. The van der Waals surface area contributed by atoms with Crippen LogP contribution in [-0.2, 0) is 4.79 Å². The molecule has 4 rings (SSSR count). The van der Waals surface area contributed by atoms with E-state index in [0.29, 0.717) is 11.3 Å². The Kier molecular flexibility index (Phi) is 4.91. The van der Waals surface area contributed by atoms with Crippen LogP contribution >= 0.6 is 0 Å². The standard InChI is InChI=1S/C23H20N2O4/c1-15-5-4-6-17(13-15)25-22(24-20-8-3-2-7-19(20)23(25)28)16-9-11-18(12-10-16)29-14-21(26)27/h2-13,22,24H,14H2,1H3,(H,26,27). The lowest BCUT2D eigenvalue weighted by atomic mass is 10.0. The first kappa shape index (κ1) is 18.6. The van der Waals surface area contributed by atoms with E-state index in [2.05, 4.69) is 5.32 Å². The van der Waals surface area contributed by atoms with Gasteiger partial charge in [-0.25, -0.2) is 4.79 Å². The number of benzene rings is 3. The van der Waals surface area contributed by atoms with E-state index in [1.54, 1.807) is 17.0 Å². The minimum absolute atomic E-state index is 0.0823.